The Morgan fingerprint density at radius 1 is 1.41 bits per heavy atom. The third-order valence-electron chi connectivity index (χ3n) is 2.57. The molecule has 0 aromatic carbocycles. The van der Waals surface area contributed by atoms with Crippen molar-refractivity contribution in [2.24, 2.45) is 0 Å². The monoisotopic (exact) mass is 233 g/mol. The summed E-state index contributed by atoms with van der Waals surface area (Å²) in [6, 6.07) is 0. The molecule has 0 radical (unpaired) electrons. The Kier molecular flexibility index (Phi) is 4.77. The molecule has 0 aliphatic heterocycles. The lowest BCUT2D eigenvalue weighted by Gasteiger charge is -2.21. The van der Waals surface area contributed by atoms with Crippen molar-refractivity contribution >= 4 is 0 Å². The summed E-state index contributed by atoms with van der Waals surface area (Å²) in [6.45, 7) is 12.2. The summed E-state index contributed by atoms with van der Waals surface area (Å²) in [6.07, 6.45) is 2.84. The summed E-state index contributed by atoms with van der Waals surface area (Å²) < 4.78 is 2.24. The van der Waals surface area contributed by atoms with Crippen LogP contribution in [0, 0.1) is 18.8 Å². The molecule has 1 N–H and O–H groups in total. The Morgan fingerprint density at radius 3 is 2.71 bits per heavy atom. The second-order valence-corrected chi connectivity index (χ2v) is 5.23. The van der Waals surface area contributed by atoms with E-state index in [1.165, 1.54) is 5.69 Å². The molecule has 94 valence electrons. The van der Waals surface area contributed by atoms with Gasteiger partial charge in [0, 0.05) is 31.2 Å². The zero-order chi connectivity index (χ0) is 12.9. The summed E-state index contributed by atoms with van der Waals surface area (Å²) in [7, 11) is 0. The molecule has 1 aromatic rings. The van der Waals surface area contributed by atoms with Crippen molar-refractivity contribution in [3.63, 3.8) is 0 Å². The van der Waals surface area contributed by atoms with Crippen LogP contribution in [0.25, 0.3) is 0 Å². The van der Waals surface area contributed by atoms with Crippen molar-refractivity contribution < 1.29 is 0 Å². The van der Waals surface area contributed by atoms with Gasteiger partial charge < -0.3 is 9.88 Å². The van der Waals surface area contributed by atoms with Crippen LogP contribution in [0.2, 0.25) is 0 Å². The average molecular weight is 233 g/mol. The van der Waals surface area contributed by atoms with E-state index in [2.05, 4.69) is 47.5 Å². The number of aromatic nitrogens is 2. The van der Waals surface area contributed by atoms with Crippen molar-refractivity contribution in [3.05, 3.63) is 17.7 Å². The van der Waals surface area contributed by atoms with Gasteiger partial charge in [-0.2, -0.15) is 0 Å². The molecule has 0 unspecified atom stereocenters. The fraction of sp³-hybridized carbons (Fsp3) is 0.643. The van der Waals surface area contributed by atoms with Crippen LogP contribution in [-0.2, 0) is 13.1 Å². The fourth-order valence-corrected chi connectivity index (χ4v) is 1.61. The largest absolute Gasteiger partial charge is 0.330 e. The number of rotatable bonds is 4. The first-order chi connectivity index (χ1) is 7.94. The van der Waals surface area contributed by atoms with Crippen LogP contribution in [0.1, 0.15) is 45.6 Å². The summed E-state index contributed by atoms with van der Waals surface area (Å²) in [5.41, 5.74) is 1.36. The molecular formula is C14H23N3. The number of nitrogens with one attached hydrogen (secondary N) is 1. The maximum absolute atomic E-state index is 4.37. The van der Waals surface area contributed by atoms with Crippen molar-refractivity contribution in [1.29, 1.82) is 0 Å². The molecule has 0 bridgehead atoms. The highest BCUT2D eigenvalue weighted by atomic mass is 15.1. The molecular weight excluding hydrogens is 210 g/mol. The molecule has 17 heavy (non-hydrogen) atoms. The fourth-order valence-electron chi connectivity index (χ4n) is 1.61. The standard InChI is InChI=1S/C14H23N3/c1-6-7-8-9-17-12(2)15-10-13(17)11-16-14(3,4)5/h10,16H,8-9,11H2,1-5H3. The number of hydrogen-bond donors (Lipinski definition) is 1. The van der Waals surface area contributed by atoms with Gasteiger partial charge in [-0.25, -0.2) is 4.98 Å². The molecule has 0 aliphatic carbocycles. The van der Waals surface area contributed by atoms with E-state index < -0.39 is 0 Å². The highest BCUT2D eigenvalue weighted by Crippen LogP contribution is 2.08. The van der Waals surface area contributed by atoms with E-state index in [0.29, 0.717) is 0 Å². The normalized spacial score (nSPS) is 11.1. The molecule has 3 nitrogen and oxygen atoms in total. The molecule has 0 atom stereocenters. The summed E-state index contributed by atoms with van der Waals surface area (Å²) in [5.74, 6) is 7.08. The van der Waals surface area contributed by atoms with Crippen LogP contribution in [-0.4, -0.2) is 15.1 Å². The van der Waals surface area contributed by atoms with Gasteiger partial charge in [0.05, 0.1) is 5.69 Å². The minimum atomic E-state index is 0.131. The second kappa shape index (κ2) is 5.88. The predicted octanol–water partition coefficient (Wildman–Crippen LogP) is 2.49. The minimum Gasteiger partial charge on any atom is -0.330 e. The Balaban J connectivity index is 2.67. The maximum atomic E-state index is 4.37. The molecule has 0 aliphatic rings. The number of imidazole rings is 1. The average Bonchev–Trinajstić information content (AvgIpc) is 2.57. The van der Waals surface area contributed by atoms with Crippen LogP contribution in [0.5, 0.6) is 0 Å². The van der Waals surface area contributed by atoms with Gasteiger partial charge in [-0.1, -0.05) is 0 Å². The number of nitrogens with zero attached hydrogens (tertiary/aromatic N) is 2. The molecule has 0 amide bonds. The van der Waals surface area contributed by atoms with E-state index in [0.717, 1.165) is 25.3 Å². The molecule has 0 fully saturated rings. The van der Waals surface area contributed by atoms with Crippen LogP contribution in [0.3, 0.4) is 0 Å². The third-order valence-corrected chi connectivity index (χ3v) is 2.57. The number of hydrogen-bond acceptors (Lipinski definition) is 2. The summed E-state index contributed by atoms with van der Waals surface area (Å²) >= 11 is 0. The second-order valence-electron chi connectivity index (χ2n) is 5.23. The van der Waals surface area contributed by atoms with Gasteiger partial charge >= 0.3 is 0 Å². The van der Waals surface area contributed by atoms with Crippen LogP contribution < -0.4 is 5.32 Å². The van der Waals surface area contributed by atoms with Crippen molar-refractivity contribution in [2.45, 2.75) is 59.7 Å². The van der Waals surface area contributed by atoms with Crippen molar-refractivity contribution in [3.8, 4) is 11.8 Å². The van der Waals surface area contributed by atoms with Gasteiger partial charge in [0.25, 0.3) is 0 Å². The Bertz CT molecular complexity index is 413. The first kappa shape index (κ1) is 13.8. The maximum Gasteiger partial charge on any atom is 0.105 e. The molecule has 0 saturated heterocycles. The van der Waals surface area contributed by atoms with E-state index in [1.807, 2.05) is 20.0 Å². The van der Waals surface area contributed by atoms with Crippen molar-refractivity contribution in [2.75, 3.05) is 0 Å². The first-order valence-corrected chi connectivity index (χ1v) is 6.09. The molecule has 0 saturated carbocycles. The zero-order valence-electron chi connectivity index (χ0n) is 11.6. The van der Waals surface area contributed by atoms with Crippen LogP contribution >= 0.6 is 0 Å². The van der Waals surface area contributed by atoms with Crippen molar-refractivity contribution in [1.82, 2.24) is 14.9 Å². The van der Waals surface area contributed by atoms with Crippen LogP contribution in [0.4, 0.5) is 0 Å². The van der Waals surface area contributed by atoms with E-state index in [9.17, 15) is 0 Å². The van der Waals surface area contributed by atoms with Gasteiger partial charge in [0.1, 0.15) is 5.82 Å². The molecule has 3 heteroatoms. The third kappa shape index (κ3) is 4.62. The predicted molar refractivity (Wildman–Crippen MR) is 71.6 cm³/mol. The molecule has 0 spiro atoms. The zero-order valence-corrected chi connectivity index (χ0v) is 11.6. The Hall–Kier alpha value is -1.27. The van der Waals surface area contributed by atoms with E-state index in [4.69, 9.17) is 0 Å². The van der Waals surface area contributed by atoms with Gasteiger partial charge in [0.15, 0.2) is 0 Å². The molecule has 1 aromatic heterocycles. The smallest absolute Gasteiger partial charge is 0.105 e. The lowest BCUT2D eigenvalue weighted by molar-refractivity contribution is 0.415. The summed E-state index contributed by atoms with van der Waals surface area (Å²) in [5, 5.41) is 3.49. The highest BCUT2D eigenvalue weighted by Gasteiger charge is 2.11. The van der Waals surface area contributed by atoms with Gasteiger partial charge in [-0.05, 0) is 34.6 Å². The summed E-state index contributed by atoms with van der Waals surface area (Å²) in [4.78, 5) is 4.37. The SMILES string of the molecule is CC#CCCn1c(CNC(C)(C)C)cnc1C. The topological polar surface area (TPSA) is 29.9 Å². The lowest BCUT2D eigenvalue weighted by Crippen LogP contribution is -2.35. The van der Waals surface area contributed by atoms with Gasteiger partial charge in [-0.15, -0.1) is 11.8 Å². The van der Waals surface area contributed by atoms with Gasteiger partial charge in [0.2, 0.25) is 0 Å². The first-order valence-electron chi connectivity index (χ1n) is 6.09. The minimum absolute atomic E-state index is 0.131. The molecule has 1 heterocycles. The van der Waals surface area contributed by atoms with E-state index >= 15 is 0 Å². The Morgan fingerprint density at radius 2 is 2.12 bits per heavy atom. The molecule has 1 rings (SSSR count). The lowest BCUT2D eigenvalue weighted by atomic mass is 10.1. The van der Waals surface area contributed by atoms with Crippen LogP contribution in [0.15, 0.2) is 6.20 Å². The number of aryl methyl sites for hydroxylation is 1. The van der Waals surface area contributed by atoms with E-state index in [1.54, 1.807) is 0 Å². The quantitative estimate of drug-likeness (QED) is 0.810. The highest BCUT2D eigenvalue weighted by molar-refractivity contribution is 5.06. The van der Waals surface area contributed by atoms with E-state index in [-0.39, 0.29) is 5.54 Å². The Labute approximate surface area is 105 Å². The van der Waals surface area contributed by atoms with Gasteiger partial charge in [-0.3, -0.25) is 0 Å².